The van der Waals surface area contributed by atoms with E-state index in [0.29, 0.717) is 28.5 Å². The number of carbonyl (C=O) groups excluding carboxylic acids is 1. The van der Waals surface area contributed by atoms with Crippen LogP contribution in [0.25, 0.3) is 10.9 Å². The molecular weight excluding hydrogens is 410 g/mol. The standard InChI is InChI=1S/C20H21N3O4S2/c1-27-15-5-8-17-14(12-15)4-7-18(22-17)20(24)21-13-16-6-9-19(28-16)29(25,26)23-10-2-3-11-23/h4-9,12H,2-3,10-11,13H2,1H3,(H,21,24). The van der Waals surface area contributed by atoms with Gasteiger partial charge < -0.3 is 10.1 Å². The minimum absolute atomic E-state index is 0.251. The van der Waals surface area contributed by atoms with E-state index < -0.39 is 10.0 Å². The molecule has 0 spiro atoms. The molecule has 0 atom stereocenters. The van der Waals surface area contributed by atoms with E-state index in [4.69, 9.17) is 4.74 Å². The number of amides is 1. The Bertz CT molecular complexity index is 1150. The molecule has 3 heterocycles. The van der Waals surface area contributed by atoms with Crippen molar-refractivity contribution in [3.63, 3.8) is 0 Å². The predicted octanol–water partition coefficient (Wildman–Crippen LogP) is 3.02. The van der Waals surface area contributed by atoms with Crippen molar-refractivity contribution in [3.8, 4) is 5.75 Å². The van der Waals surface area contributed by atoms with Crippen LogP contribution in [-0.2, 0) is 16.6 Å². The van der Waals surface area contributed by atoms with E-state index in [0.717, 1.165) is 28.9 Å². The lowest BCUT2D eigenvalue weighted by Gasteiger charge is -2.13. The van der Waals surface area contributed by atoms with Gasteiger partial charge in [-0.1, -0.05) is 6.07 Å². The molecule has 0 saturated carbocycles. The van der Waals surface area contributed by atoms with Gasteiger partial charge in [0.2, 0.25) is 0 Å². The number of fused-ring (bicyclic) bond motifs is 1. The highest BCUT2D eigenvalue weighted by atomic mass is 32.2. The van der Waals surface area contributed by atoms with Gasteiger partial charge in [-0.05, 0) is 49.2 Å². The molecule has 1 N–H and O–H groups in total. The monoisotopic (exact) mass is 431 g/mol. The third-order valence-electron chi connectivity index (χ3n) is 4.85. The first-order valence-corrected chi connectivity index (χ1v) is 11.5. The van der Waals surface area contributed by atoms with Gasteiger partial charge in [0.25, 0.3) is 15.9 Å². The molecule has 1 saturated heterocycles. The Morgan fingerprint density at radius 2 is 1.97 bits per heavy atom. The minimum atomic E-state index is -3.42. The molecule has 0 bridgehead atoms. The van der Waals surface area contributed by atoms with E-state index in [1.165, 1.54) is 15.6 Å². The Kier molecular flexibility index (Phi) is 5.53. The number of nitrogens with one attached hydrogen (secondary N) is 1. The van der Waals surface area contributed by atoms with Crippen molar-refractivity contribution in [1.82, 2.24) is 14.6 Å². The molecule has 29 heavy (non-hydrogen) atoms. The highest BCUT2D eigenvalue weighted by molar-refractivity contribution is 7.91. The van der Waals surface area contributed by atoms with Crippen LogP contribution in [0.3, 0.4) is 0 Å². The SMILES string of the molecule is COc1ccc2nc(C(=O)NCc3ccc(S(=O)(=O)N4CCCC4)s3)ccc2c1. The number of ether oxygens (including phenoxy) is 1. The van der Waals surface area contributed by atoms with Gasteiger partial charge in [-0.3, -0.25) is 4.79 Å². The fourth-order valence-corrected chi connectivity index (χ4v) is 6.23. The molecule has 1 aliphatic heterocycles. The molecule has 7 nitrogen and oxygen atoms in total. The van der Waals surface area contributed by atoms with E-state index in [9.17, 15) is 13.2 Å². The van der Waals surface area contributed by atoms with E-state index in [2.05, 4.69) is 10.3 Å². The van der Waals surface area contributed by atoms with Crippen molar-refractivity contribution >= 4 is 38.2 Å². The van der Waals surface area contributed by atoms with Gasteiger partial charge in [0.1, 0.15) is 15.7 Å². The van der Waals surface area contributed by atoms with Crippen molar-refractivity contribution in [2.24, 2.45) is 0 Å². The van der Waals surface area contributed by atoms with Crippen LogP contribution in [0, 0.1) is 0 Å². The van der Waals surface area contributed by atoms with Crippen LogP contribution in [0.4, 0.5) is 0 Å². The molecule has 0 radical (unpaired) electrons. The zero-order valence-corrected chi connectivity index (χ0v) is 17.6. The fraction of sp³-hybridized carbons (Fsp3) is 0.300. The third-order valence-corrected chi connectivity index (χ3v) is 8.30. The summed E-state index contributed by atoms with van der Waals surface area (Å²) in [6, 6.07) is 12.3. The number of aromatic nitrogens is 1. The summed E-state index contributed by atoms with van der Waals surface area (Å²) in [5, 5.41) is 3.70. The highest BCUT2D eigenvalue weighted by Gasteiger charge is 2.28. The fourth-order valence-electron chi connectivity index (χ4n) is 3.26. The molecule has 9 heteroatoms. The van der Waals surface area contributed by atoms with E-state index in [-0.39, 0.29) is 12.5 Å². The van der Waals surface area contributed by atoms with E-state index in [1.54, 1.807) is 37.4 Å². The van der Waals surface area contributed by atoms with Gasteiger partial charge in [-0.2, -0.15) is 4.31 Å². The summed E-state index contributed by atoms with van der Waals surface area (Å²) in [5.74, 6) is 0.425. The Morgan fingerprint density at radius 3 is 2.72 bits per heavy atom. The zero-order chi connectivity index (χ0) is 20.4. The average Bonchev–Trinajstić information content (AvgIpc) is 3.44. The number of methoxy groups -OCH3 is 1. The minimum Gasteiger partial charge on any atom is -0.497 e. The normalized spacial score (nSPS) is 14.9. The lowest BCUT2D eigenvalue weighted by molar-refractivity contribution is 0.0946. The molecule has 1 aromatic carbocycles. The largest absolute Gasteiger partial charge is 0.497 e. The molecule has 152 valence electrons. The van der Waals surface area contributed by atoms with Crippen LogP contribution in [0.1, 0.15) is 28.2 Å². The number of thiophene rings is 1. The maximum absolute atomic E-state index is 12.6. The van der Waals surface area contributed by atoms with Crippen molar-refractivity contribution in [2.75, 3.05) is 20.2 Å². The topological polar surface area (TPSA) is 88.6 Å². The van der Waals surface area contributed by atoms with Crippen LogP contribution in [0.5, 0.6) is 5.75 Å². The van der Waals surface area contributed by atoms with Gasteiger partial charge >= 0.3 is 0 Å². The number of hydrogen-bond donors (Lipinski definition) is 1. The maximum Gasteiger partial charge on any atom is 0.270 e. The Balaban J connectivity index is 1.43. The van der Waals surface area contributed by atoms with Crippen LogP contribution in [0.15, 0.2) is 46.7 Å². The summed E-state index contributed by atoms with van der Waals surface area (Å²) >= 11 is 1.19. The molecule has 2 aromatic heterocycles. The summed E-state index contributed by atoms with van der Waals surface area (Å²) in [7, 11) is -1.82. The predicted molar refractivity (Wildman–Crippen MR) is 112 cm³/mol. The molecule has 1 aliphatic rings. The summed E-state index contributed by atoms with van der Waals surface area (Å²) in [6.07, 6.45) is 1.80. The van der Waals surface area contributed by atoms with Crippen LogP contribution in [-0.4, -0.2) is 43.8 Å². The van der Waals surface area contributed by atoms with Crippen molar-refractivity contribution in [1.29, 1.82) is 0 Å². The lowest BCUT2D eigenvalue weighted by atomic mass is 10.2. The first-order valence-electron chi connectivity index (χ1n) is 9.29. The highest BCUT2D eigenvalue weighted by Crippen LogP contribution is 2.27. The Hall–Kier alpha value is -2.49. The van der Waals surface area contributed by atoms with Gasteiger partial charge in [-0.25, -0.2) is 13.4 Å². The number of rotatable bonds is 6. The van der Waals surface area contributed by atoms with Gasteiger partial charge in [-0.15, -0.1) is 11.3 Å². The lowest BCUT2D eigenvalue weighted by Crippen LogP contribution is -2.27. The smallest absolute Gasteiger partial charge is 0.270 e. The Labute approximate surface area is 173 Å². The van der Waals surface area contributed by atoms with Crippen molar-refractivity contribution in [2.45, 2.75) is 23.6 Å². The van der Waals surface area contributed by atoms with E-state index in [1.807, 2.05) is 12.1 Å². The second-order valence-corrected chi connectivity index (χ2v) is 10.1. The Morgan fingerprint density at radius 1 is 1.17 bits per heavy atom. The summed E-state index contributed by atoms with van der Waals surface area (Å²) in [5.41, 5.74) is 1.01. The molecule has 3 aromatic rings. The number of sulfonamides is 1. The first kappa shape index (κ1) is 19.8. The van der Waals surface area contributed by atoms with Gasteiger partial charge in [0.05, 0.1) is 19.2 Å². The first-order chi connectivity index (χ1) is 14.0. The van der Waals surface area contributed by atoms with E-state index >= 15 is 0 Å². The van der Waals surface area contributed by atoms with Crippen molar-refractivity contribution in [3.05, 3.63) is 53.0 Å². The second-order valence-electron chi connectivity index (χ2n) is 6.77. The average molecular weight is 432 g/mol. The quantitative estimate of drug-likeness (QED) is 0.648. The molecule has 0 unspecified atom stereocenters. The number of benzene rings is 1. The number of pyridine rings is 1. The molecule has 0 aliphatic carbocycles. The summed E-state index contributed by atoms with van der Waals surface area (Å²) in [4.78, 5) is 17.6. The maximum atomic E-state index is 12.6. The van der Waals surface area contributed by atoms with Gasteiger partial charge in [0.15, 0.2) is 0 Å². The van der Waals surface area contributed by atoms with Crippen LogP contribution in [0.2, 0.25) is 0 Å². The van der Waals surface area contributed by atoms with Crippen LogP contribution >= 0.6 is 11.3 Å². The summed E-state index contributed by atoms with van der Waals surface area (Å²) < 4.78 is 32.3. The number of carbonyl (C=O) groups is 1. The molecule has 1 amide bonds. The van der Waals surface area contributed by atoms with Crippen molar-refractivity contribution < 1.29 is 17.9 Å². The number of nitrogens with zero attached hydrogens (tertiary/aromatic N) is 2. The number of hydrogen-bond acceptors (Lipinski definition) is 6. The third kappa shape index (κ3) is 4.12. The summed E-state index contributed by atoms with van der Waals surface area (Å²) in [6.45, 7) is 1.40. The molecule has 1 fully saturated rings. The molecular formula is C20H21N3O4S2. The van der Waals surface area contributed by atoms with Crippen LogP contribution < -0.4 is 10.1 Å². The zero-order valence-electron chi connectivity index (χ0n) is 15.9. The van der Waals surface area contributed by atoms with Gasteiger partial charge in [0, 0.05) is 23.4 Å². The second kappa shape index (κ2) is 8.10. The molecule has 4 rings (SSSR count).